The van der Waals surface area contributed by atoms with Gasteiger partial charge in [-0.3, -0.25) is 9.59 Å². The summed E-state index contributed by atoms with van der Waals surface area (Å²) in [4.78, 5) is 41.2. The van der Waals surface area contributed by atoms with Crippen molar-refractivity contribution in [1.82, 2.24) is 10.3 Å². The molecule has 3 aromatic rings. The number of benzene rings is 2. The fourth-order valence-corrected chi connectivity index (χ4v) is 3.77. The molecule has 0 bridgehead atoms. The van der Waals surface area contributed by atoms with Crippen LogP contribution in [0, 0.1) is 0 Å². The highest BCUT2D eigenvalue weighted by atomic mass is 32.2. The summed E-state index contributed by atoms with van der Waals surface area (Å²) in [6.45, 7) is 0. The summed E-state index contributed by atoms with van der Waals surface area (Å²) in [5.74, 6) is -0.680. The Morgan fingerprint density at radius 1 is 1.03 bits per heavy atom. The van der Waals surface area contributed by atoms with E-state index in [0.717, 1.165) is 11.1 Å². The summed E-state index contributed by atoms with van der Waals surface area (Å²) >= 11 is 1.52. The van der Waals surface area contributed by atoms with E-state index < -0.39 is 17.9 Å². The Labute approximate surface area is 196 Å². The predicted molar refractivity (Wildman–Crippen MR) is 130 cm³/mol. The molecule has 2 amide bonds. The number of nitrogens with one attached hydrogen (secondary N) is 2. The number of aromatic nitrogens is 1. The van der Waals surface area contributed by atoms with Gasteiger partial charge in [-0.15, -0.1) is 0 Å². The van der Waals surface area contributed by atoms with Crippen LogP contribution in [0.5, 0.6) is 0 Å². The number of carboxylic acid groups (broad SMARTS) is 1. The van der Waals surface area contributed by atoms with Crippen LogP contribution in [-0.4, -0.2) is 45.9 Å². The number of pyridine rings is 1. The standard InChI is InChI=1S/C25H25N3O4S/c1-33-14-12-21(25(31)32)27-24(30)19-11-10-17(15-20(19)18-7-3-2-4-8-18)16-23(29)28-22-9-5-6-13-26-22/h2-11,13,15,21H,12,14,16H2,1H3,(H,27,30)(H,31,32)(H,26,28,29). The van der Waals surface area contributed by atoms with Gasteiger partial charge in [-0.25, -0.2) is 9.78 Å². The number of anilines is 1. The minimum absolute atomic E-state index is 0.101. The summed E-state index contributed by atoms with van der Waals surface area (Å²) in [6.07, 6.45) is 3.91. The van der Waals surface area contributed by atoms with Crippen LogP contribution in [0.4, 0.5) is 5.82 Å². The van der Waals surface area contributed by atoms with E-state index in [2.05, 4.69) is 15.6 Å². The molecule has 1 aromatic heterocycles. The number of carbonyl (C=O) groups is 3. The third-order valence-electron chi connectivity index (χ3n) is 4.92. The smallest absolute Gasteiger partial charge is 0.326 e. The highest BCUT2D eigenvalue weighted by Gasteiger charge is 2.22. The van der Waals surface area contributed by atoms with Gasteiger partial charge in [0.05, 0.1) is 6.42 Å². The molecular formula is C25H25N3O4S. The van der Waals surface area contributed by atoms with Gasteiger partial charge in [-0.05, 0) is 59.4 Å². The molecule has 3 N–H and O–H groups in total. The van der Waals surface area contributed by atoms with Gasteiger partial charge in [0, 0.05) is 11.8 Å². The van der Waals surface area contributed by atoms with Crippen LogP contribution in [0.2, 0.25) is 0 Å². The molecule has 0 aliphatic heterocycles. The quantitative estimate of drug-likeness (QED) is 0.421. The first-order valence-electron chi connectivity index (χ1n) is 10.4. The van der Waals surface area contributed by atoms with Crippen LogP contribution in [0.1, 0.15) is 22.3 Å². The third kappa shape index (κ3) is 6.92. The van der Waals surface area contributed by atoms with Crippen molar-refractivity contribution in [1.29, 1.82) is 0 Å². The van der Waals surface area contributed by atoms with Crippen molar-refractivity contribution in [3.8, 4) is 11.1 Å². The summed E-state index contributed by atoms with van der Waals surface area (Å²) in [6, 6.07) is 18.7. The van der Waals surface area contributed by atoms with Gasteiger partial charge in [0.1, 0.15) is 11.9 Å². The normalized spacial score (nSPS) is 11.4. The monoisotopic (exact) mass is 463 g/mol. The number of hydrogen-bond acceptors (Lipinski definition) is 5. The maximum atomic E-state index is 13.0. The molecule has 0 aliphatic rings. The number of hydrogen-bond donors (Lipinski definition) is 3. The molecule has 170 valence electrons. The first-order valence-corrected chi connectivity index (χ1v) is 11.8. The second kappa shape index (κ2) is 11.8. The number of carboxylic acids is 1. The van der Waals surface area contributed by atoms with Gasteiger partial charge in [0.15, 0.2) is 0 Å². The average Bonchev–Trinajstić information content (AvgIpc) is 2.82. The number of nitrogens with zero attached hydrogens (tertiary/aromatic N) is 1. The first kappa shape index (κ1) is 24.0. The zero-order valence-electron chi connectivity index (χ0n) is 18.2. The Morgan fingerprint density at radius 3 is 2.45 bits per heavy atom. The molecule has 0 saturated carbocycles. The molecule has 3 rings (SSSR count). The van der Waals surface area contributed by atoms with Gasteiger partial charge >= 0.3 is 5.97 Å². The van der Waals surface area contributed by atoms with Gasteiger partial charge in [-0.1, -0.05) is 42.5 Å². The second-order valence-corrected chi connectivity index (χ2v) is 8.32. The summed E-state index contributed by atoms with van der Waals surface area (Å²) in [5.41, 5.74) is 2.50. The fraction of sp³-hybridized carbons (Fsp3) is 0.200. The summed E-state index contributed by atoms with van der Waals surface area (Å²) in [5, 5.41) is 14.9. The zero-order valence-corrected chi connectivity index (χ0v) is 19.0. The molecule has 0 fully saturated rings. The van der Waals surface area contributed by atoms with E-state index in [-0.39, 0.29) is 12.3 Å². The lowest BCUT2D eigenvalue weighted by atomic mass is 9.95. The first-order chi connectivity index (χ1) is 16.0. The lowest BCUT2D eigenvalue weighted by molar-refractivity contribution is -0.139. The topological polar surface area (TPSA) is 108 Å². The van der Waals surface area contributed by atoms with Crippen molar-refractivity contribution < 1.29 is 19.5 Å². The van der Waals surface area contributed by atoms with Crippen LogP contribution in [0.25, 0.3) is 11.1 Å². The van der Waals surface area contributed by atoms with Crippen molar-refractivity contribution in [2.75, 3.05) is 17.3 Å². The molecule has 0 aliphatic carbocycles. The SMILES string of the molecule is CSCCC(NC(=O)c1ccc(CC(=O)Nc2ccccn2)cc1-c1ccccc1)C(=O)O. The minimum Gasteiger partial charge on any atom is -0.480 e. The van der Waals surface area contributed by atoms with Crippen molar-refractivity contribution in [2.45, 2.75) is 18.9 Å². The molecular weight excluding hydrogens is 438 g/mol. The second-order valence-electron chi connectivity index (χ2n) is 7.33. The fourth-order valence-electron chi connectivity index (χ4n) is 3.29. The van der Waals surface area contributed by atoms with E-state index in [4.69, 9.17) is 0 Å². The van der Waals surface area contributed by atoms with Crippen molar-refractivity contribution in [2.24, 2.45) is 0 Å². The molecule has 33 heavy (non-hydrogen) atoms. The van der Waals surface area contributed by atoms with E-state index in [1.807, 2.05) is 36.6 Å². The average molecular weight is 464 g/mol. The Hall–Kier alpha value is -3.65. The van der Waals surface area contributed by atoms with Crippen molar-refractivity contribution in [3.05, 3.63) is 84.1 Å². The van der Waals surface area contributed by atoms with Crippen molar-refractivity contribution >= 4 is 35.4 Å². The highest BCUT2D eigenvalue weighted by molar-refractivity contribution is 7.98. The molecule has 8 heteroatoms. The third-order valence-corrected chi connectivity index (χ3v) is 5.57. The lowest BCUT2D eigenvalue weighted by Gasteiger charge is -2.17. The van der Waals surface area contributed by atoms with Crippen LogP contribution < -0.4 is 10.6 Å². The maximum absolute atomic E-state index is 13.0. The molecule has 0 spiro atoms. The van der Waals surface area contributed by atoms with E-state index >= 15 is 0 Å². The Bertz CT molecular complexity index is 1110. The van der Waals surface area contributed by atoms with E-state index in [1.165, 1.54) is 11.8 Å². The van der Waals surface area contributed by atoms with Gasteiger partial charge in [0.25, 0.3) is 5.91 Å². The van der Waals surface area contributed by atoms with E-state index in [1.54, 1.807) is 42.6 Å². The Kier molecular flexibility index (Phi) is 8.60. The predicted octanol–water partition coefficient (Wildman–Crippen LogP) is 3.87. The summed E-state index contributed by atoms with van der Waals surface area (Å²) in [7, 11) is 0. The van der Waals surface area contributed by atoms with E-state index in [0.29, 0.717) is 29.1 Å². The minimum atomic E-state index is -1.07. The Balaban J connectivity index is 1.85. The van der Waals surface area contributed by atoms with Crippen LogP contribution in [0.3, 0.4) is 0 Å². The molecule has 0 saturated heterocycles. The van der Waals surface area contributed by atoms with Gasteiger partial charge in [0.2, 0.25) is 5.91 Å². The highest BCUT2D eigenvalue weighted by Crippen LogP contribution is 2.26. The number of rotatable bonds is 10. The van der Waals surface area contributed by atoms with Crippen LogP contribution in [-0.2, 0) is 16.0 Å². The molecule has 1 unspecified atom stereocenters. The molecule has 0 radical (unpaired) electrons. The number of amides is 2. The lowest BCUT2D eigenvalue weighted by Crippen LogP contribution is -2.41. The molecule has 7 nitrogen and oxygen atoms in total. The number of thioether (sulfide) groups is 1. The Morgan fingerprint density at radius 2 is 1.79 bits per heavy atom. The number of aliphatic carboxylic acids is 1. The van der Waals surface area contributed by atoms with Gasteiger partial charge in [-0.2, -0.15) is 11.8 Å². The van der Waals surface area contributed by atoms with Crippen molar-refractivity contribution in [3.63, 3.8) is 0 Å². The zero-order chi connectivity index (χ0) is 23.6. The largest absolute Gasteiger partial charge is 0.480 e. The van der Waals surface area contributed by atoms with Crippen LogP contribution in [0.15, 0.2) is 72.9 Å². The number of carbonyl (C=O) groups excluding carboxylic acids is 2. The van der Waals surface area contributed by atoms with E-state index in [9.17, 15) is 19.5 Å². The van der Waals surface area contributed by atoms with Gasteiger partial charge < -0.3 is 15.7 Å². The maximum Gasteiger partial charge on any atom is 0.326 e. The van der Waals surface area contributed by atoms with Crippen LogP contribution >= 0.6 is 11.8 Å². The molecule has 2 aromatic carbocycles. The molecule has 1 atom stereocenters. The molecule has 1 heterocycles. The summed E-state index contributed by atoms with van der Waals surface area (Å²) < 4.78 is 0.